The van der Waals surface area contributed by atoms with Crippen LogP contribution in [0, 0.1) is 13.8 Å². The summed E-state index contributed by atoms with van der Waals surface area (Å²) in [4.78, 5) is 14.5. The maximum Gasteiger partial charge on any atom is 0.136 e. The van der Waals surface area contributed by atoms with E-state index in [1.54, 1.807) is 11.3 Å². The van der Waals surface area contributed by atoms with Gasteiger partial charge in [-0.2, -0.15) is 0 Å². The van der Waals surface area contributed by atoms with Crippen molar-refractivity contribution in [1.82, 2.24) is 19.9 Å². The summed E-state index contributed by atoms with van der Waals surface area (Å²) in [6, 6.07) is 0. The minimum absolute atomic E-state index is 0.0437. The van der Waals surface area contributed by atoms with Gasteiger partial charge in [-0.15, -0.1) is 11.3 Å². The van der Waals surface area contributed by atoms with E-state index in [1.165, 1.54) is 0 Å². The molecule has 6 heteroatoms. The van der Waals surface area contributed by atoms with Crippen molar-refractivity contribution in [3.05, 3.63) is 33.8 Å². The van der Waals surface area contributed by atoms with Crippen molar-refractivity contribution in [3.8, 4) is 0 Å². The van der Waals surface area contributed by atoms with Crippen molar-refractivity contribution in [2.45, 2.75) is 26.5 Å². The Morgan fingerprint density at radius 2 is 2.42 bits per heavy atom. The van der Waals surface area contributed by atoms with Gasteiger partial charge >= 0.3 is 0 Å². The Labute approximate surface area is 116 Å². The number of rotatable bonds is 3. The number of hydrogen-bond acceptors (Lipinski definition) is 5. The van der Waals surface area contributed by atoms with Crippen LogP contribution in [-0.4, -0.2) is 39.5 Å². The van der Waals surface area contributed by atoms with Crippen molar-refractivity contribution >= 4 is 11.3 Å². The predicted molar refractivity (Wildman–Crippen MR) is 74.1 cm³/mol. The number of imidazole rings is 1. The van der Waals surface area contributed by atoms with E-state index in [9.17, 15) is 0 Å². The van der Waals surface area contributed by atoms with E-state index in [2.05, 4.69) is 25.2 Å². The lowest BCUT2D eigenvalue weighted by atomic mass is 10.2. The van der Waals surface area contributed by atoms with E-state index < -0.39 is 0 Å². The first-order valence-electron chi connectivity index (χ1n) is 6.47. The number of ether oxygens (including phenoxy) is 1. The van der Waals surface area contributed by atoms with E-state index in [4.69, 9.17) is 4.74 Å². The molecule has 3 rings (SSSR count). The molecule has 102 valence electrons. The summed E-state index contributed by atoms with van der Waals surface area (Å²) in [7, 11) is 0. The molecule has 0 saturated carbocycles. The zero-order valence-electron chi connectivity index (χ0n) is 11.2. The first-order chi connectivity index (χ1) is 9.20. The first-order valence-corrected chi connectivity index (χ1v) is 7.35. The number of morpholine rings is 1. The summed E-state index contributed by atoms with van der Waals surface area (Å²) in [5, 5.41) is 3.26. The molecule has 0 spiro atoms. The molecule has 1 saturated heterocycles. The Balaban J connectivity index is 1.64. The van der Waals surface area contributed by atoms with Crippen LogP contribution in [0.1, 0.15) is 28.3 Å². The van der Waals surface area contributed by atoms with Crippen molar-refractivity contribution in [2.24, 2.45) is 0 Å². The first kappa shape index (κ1) is 12.8. The van der Waals surface area contributed by atoms with E-state index >= 15 is 0 Å². The minimum Gasteiger partial charge on any atom is -0.368 e. The summed E-state index contributed by atoms with van der Waals surface area (Å²) >= 11 is 1.71. The smallest absolute Gasteiger partial charge is 0.136 e. The number of nitrogens with zero attached hydrogens (tertiary/aromatic N) is 3. The fourth-order valence-corrected chi connectivity index (χ4v) is 2.92. The molecule has 0 aliphatic carbocycles. The molecule has 0 bridgehead atoms. The number of aromatic nitrogens is 3. The van der Waals surface area contributed by atoms with Crippen molar-refractivity contribution in [3.63, 3.8) is 0 Å². The van der Waals surface area contributed by atoms with Gasteiger partial charge in [0.1, 0.15) is 11.9 Å². The number of nitrogens with one attached hydrogen (secondary N) is 1. The lowest BCUT2D eigenvalue weighted by molar-refractivity contribution is -0.0371. The summed E-state index contributed by atoms with van der Waals surface area (Å²) in [6.45, 7) is 7.50. The Bertz CT molecular complexity index is 550. The second kappa shape index (κ2) is 5.40. The molecule has 1 fully saturated rings. The molecule has 0 aromatic carbocycles. The predicted octanol–water partition coefficient (Wildman–Crippen LogP) is 2.06. The van der Waals surface area contributed by atoms with Gasteiger partial charge in [0.2, 0.25) is 0 Å². The quantitative estimate of drug-likeness (QED) is 0.933. The molecule has 1 atom stereocenters. The third kappa shape index (κ3) is 3.02. The second-order valence-corrected chi connectivity index (χ2v) is 5.97. The van der Waals surface area contributed by atoms with Crippen LogP contribution < -0.4 is 0 Å². The van der Waals surface area contributed by atoms with E-state index in [0.717, 1.165) is 48.5 Å². The van der Waals surface area contributed by atoms with Crippen molar-refractivity contribution in [1.29, 1.82) is 0 Å². The Morgan fingerprint density at radius 1 is 1.53 bits per heavy atom. The van der Waals surface area contributed by atoms with Gasteiger partial charge in [0.15, 0.2) is 0 Å². The van der Waals surface area contributed by atoms with Gasteiger partial charge in [0, 0.05) is 36.9 Å². The fourth-order valence-electron chi connectivity index (χ4n) is 2.32. The highest BCUT2D eigenvalue weighted by Crippen LogP contribution is 2.21. The molecular weight excluding hydrogens is 260 g/mol. The molecule has 2 aromatic rings. The van der Waals surface area contributed by atoms with Crippen molar-refractivity contribution < 1.29 is 4.74 Å². The Kier molecular flexibility index (Phi) is 3.63. The van der Waals surface area contributed by atoms with E-state index in [0.29, 0.717) is 0 Å². The molecule has 19 heavy (non-hydrogen) atoms. The average molecular weight is 278 g/mol. The molecule has 1 N–H and O–H groups in total. The third-order valence-electron chi connectivity index (χ3n) is 3.23. The Hall–Kier alpha value is -1.24. The summed E-state index contributed by atoms with van der Waals surface area (Å²) in [5.74, 6) is 0.927. The van der Waals surface area contributed by atoms with Crippen LogP contribution in [0.15, 0.2) is 11.6 Å². The molecular formula is C13H18N4OS. The van der Waals surface area contributed by atoms with Crippen LogP contribution in [0.25, 0.3) is 0 Å². The van der Waals surface area contributed by atoms with Gasteiger partial charge < -0.3 is 9.72 Å². The molecule has 1 aliphatic heterocycles. The highest BCUT2D eigenvalue weighted by molar-refractivity contribution is 7.09. The summed E-state index contributed by atoms with van der Waals surface area (Å²) in [6.07, 6.45) is 1.89. The maximum atomic E-state index is 5.80. The topological polar surface area (TPSA) is 54.0 Å². The molecule has 0 radical (unpaired) electrons. The average Bonchev–Trinajstić information content (AvgIpc) is 2.99. The zero-order chi connectivity index (χ0) is 13.2. The van der Waals surface area contributed by atoms with Gasteiger partial charge in [-0.25, -0.2) is 9.97 Å². The van der Waals surface area contributed by atoms with Crippen LogP contribution in [0.2, 0.25) is 0 Å². The van der Waals surface area contributed by atoms with Crippen molar-refractivity contribution in [2.75, 3.05) is 19.7 Å². The lowest BCUT2D eigenvalue weighted by Gasteiger charge is -2.31. The molecule has 2 aromatic heterocycles. The van der Waals surface area contributed by atoms with Gasteiger partial charge in [-0.05, 0) is 13.8 Å². The van der Waals surface area contributed by atoms with Crippen LogP contribution >= 0.6 is 11.3 Å². The van der Waals surface area contributed by atoms with Crippen LogP contribution in [0.5, 0.6) is 0 Å². The number of aryl methyl sites for hydroxylation is 2. The molecule has 1 aliphatic rings. The van der Waals surface area contributed by atoms with Gasteiger partial charge in [0.05, 0.1) is 17.3 Å². The number of hydrogen-bond donors (Lipinski definition) is 1. The van der Waals surface area contributed by atoms with Gasteiger partial charge in [0.25, 0.3) is 0 Å². The van der Waals surface area contributed by atoms with Crippen LogP contribution in [-0.2, 0) is 11.3 Å². The molecule has 0 amide bonds. The minimum atomic E-state index is 0.0437. The maximum absolute atomic E-state index is 5.80. The third-order valence-corrected chi connectivity index (χ3v) is 4.05. The Morgan fingerprint density at radius 3 is 3.11 bits per heavy atom. The van der Waals surface area contributed by atoms with E-state index in [-0.39, 0.29) is 6.10 Å². The summed E-state index contributed by atoms with van der Waals surface area (Å²) in [5.41, 5.74) is 2.23. The fraction of sp³-hybridized carbons (Fsp3) is 0.538. The monoisotopic (exact) mass is 278 g/mol. The lowest BCUT2D eigenvalue weighted by Crippen LogP contribution is -2.38. The normalized spacial score (nSPS) is 20.8. The van der Waals surface area contributed by atoms with E-state index in [1.807, 2.05) is 20.0 Å². The SMILES string of the molecule is Cc1cnc(C2CN(Cc3csc(C)n3)CCO2)[nH]1. The van der Waals surface area contributed by atoms with Crippen LogP contribution in [0.4, 0.5) is 0 Å². The number of H-pyrrole nitrogens is 1. The molecule has 1 unspecified atom stereocenters. The number of aromatic amines is 1. The largest absolute Gasteiger partial charge is 0.368 e. The van der Waals surface area contributed by atoms with Gasteiger partial charge in [-0.3, -0.25) is 4.90 Å². The van der Waals surface area contributed by atoms with Crippen LogP contribution in [0.3, 0.4) is 0 Å². The highest BCUT2D eigenvalue weighted by atomic mass is 32.1. The van der Waals surface area contributed by atoms with Gasteiger partial charge in [-0.1, -0.05) is 0 Å². The zero-order valence-corrected chi connectivity index (χ0v) is 12.0. The second-order valence-electron chi connectivity index (χ2n) is 4.90. The molecule has 3 heterocycles. The standard InChI is InChI=1S/C13H18N4OS/c1-9-5-14-13(15-9)12-7-17(3-4-18-12)6-11-8-19-10(2)16-11/h5,8,12H,3-4,6-7H2,1-2H3,(H,14,15). The molecule has 5 nitrogen and oxygen atoms in total. The number of thiazole rings is 1. The highest BCUT2D eigenvalue weighted by Gasteiger charge is 2.24. The summed E-state index contributed by atoms with van der Waals surface area (Å²) < 4.78 is 5.80.